The number of hydrogen-bond acceptors (Lipinski definition) is 3. The molecule has 1 amide bonds. The number of amides is 1. The zero-order chi connectivity index (χ0) is 20.4. The second kappa shape index (κ2) is 7.75. The first-order valence-electron chi connectivity index (χ1n) is 9.06. The van der Waals surface area contributed by atoms with Crippen molar-refractivity contribution < 1.29 is 13.6 Å². The molecule has 0 aromatic heterocycles. The average molecular weight is 389 g/mol. The highest BCUT2D eigenvalue weighted by Gasteiger charge is 2.26. The van der Waals surface area contributed by atoms with E-state index in [-0.39, 0.29) is 5.82 Å². The molecule has 1 unspecified atom stereocenters. The number of para-hydroxylation sites is 2. The van der Waals surface area contributed by atoms with Crippen LogP contribution in [0.5, 0.6) is 0 Å². The minimum absolute atomic E-state index is 0.305. The van der Waals surface area contributed by atoms with Crippen LogP contribution in [-0.2, 0) is 0 Å². The van der Waals surface area contributed by atoms with Crippen molar-refractivity contribution in [1.82, 2.24) is 5.32 Å². The van der Waals surface area contributed by atoms with Gasteiger partial charge in [-0.3, -0.25) is 9.79 Å². The Balaban J connectivity index is 1.78. The number of aliphatic imine (C=N–C) groups is 2. The van der Waals surface area contributed by atoms with Gasteiger partial charge >= 0.3 is 0 Å². The second-order valence-electron chi connectivity index (χ2n) is 6.68. The van der Waals surface area contributed by atoms with Crippen LogP contribution in [-0.4, -0.2) is 17.5 Å². The SMILES string of the molecule is CC1=Nc2ccccc2N=C(NC(=O)c2ccc(F)cc2)C1c1ccc(F)cc1. The summed E-state index contributed by atoms with van der Waals surface area (Å²) in [5.41, 5.74) is 3.06. The molecule has 6 heteroatoms. The highest BCUT2D eigenvalue weighted by molar-refractivity contribution is 6.19. The molecule has 1 heterocycles. The maximum absolute atomic E-state index is 13.4. The molecule has 144 valence electrons. The van der Waals surface area contributed by atoms with Crippen LogP contribution in [0.3, 0.4) is 0 Å². The molecule has 3 aromatic carbocycles. The number of hydrogen-bond donors (Lipinski definition) is 1. The number of carbonyl (C=O) groups excluding carboxylic acids is 1. The van der Waals surface area contributed by atoms with E-state index in [1.54, 1.807) is 12.1 Å². The zero-order valence-corrected chi connectivity index (χ0v) is 15.6. The molecule has 0 radical (unpaired) electrons. The maximum atomic E-state index is 13.4. The predicted molar refractivity (Wildman–Crippen MR) is 109 cm³/mol. The molecule has 3 aromatic rings. The Bertz CT molecular complexity index is 1120. The van der Waals surface area contributed by atoms with Gasteiger partial charge in [-0.05, 0) is 61.0 Å². The first-order valence-corrected chi connectivity index (χ1v) is 9.06. The molecule has 0 spiro atoms. The Morgan fingerprint density at radius 3 is 2.00 bits per heavy atom. The number of benzene rings is 3. The van der Waals surface area contributed by atoms with Crippen LogP contribution in [0, 0.1) is 11.6 Å². The molecule has 4 nitrogen and oxygen atoms in total. The molecule has 1 atom stereocenters. The fourth-order valence-corrected chi connectivity index (χ4v) is 3.24. The lowest BCUT2D eigenvalue weighted by atomic mass is 9.93. The molecule has 0 fully saturated rings. The van der Waals surface area contributed by atoms with Gasteiger partial charge in [-0.25, -0.2) is 13.8 Å². The Labute approximate surface area is 166 Å². The fourth-order valence-electron chi connectivity index (χ4n) is 3.24. The highest BCUT2D eigenvalue weighted by atomic mass is 19.1. The van der Waals surface area contributed by atoms with Gasteiger partial charge in [-0.15, -0.1) is 0 Å². The summed E-state index contributed by atoms with van der Waals surface area (Å²) in [6.45, 7) is 1.84. The first-order chi connectivity index (χ1) is 14.0. The van der Waals surface area contributed by atoms with Crippen molar-refractivity contribution in [3.63, 3.8) is 0 Å². The van der Waals surface area contributed by atoms with Crippen molar-refractivity contribution in [2.24, 2.45) is 9.98 Å². The lowest BCUT2D eigenvalue weighted by Gasteiger charge is -2.19. The molecule has 0 aliphatic carbocycles. The third kappa shape index (κ3) is 3.96. The summed E-state index contributed by atoms with van der Waals surface area (Å²) in [5, 5.41) is 2.84. The summed E-state index contributed by atoms with van der Waals surface area (Å²) in [5.74, 6) is -1.28. The van der Waals surface area contributed by atoms with E-state index < -0.39 is 17.6 Å². The Morgan fingerprint density at radius 2 is 1.38 bits per heavy atom. The fraction of sp³-hybridized carbons (Fsp3) is 0.0870. The van der Waals surface area contributed by atoms with E-state index in [0.29, 0.717) is 28.5 Å². The highest BCUT2D eigenvalue weighted by Crippen LogP contribution is 2.34. The summed E-state index contributed by atoms with van der Waals surface area (Å²) in [6.07, 6.45) is 0. The standard InChI is InChI=1S/C23H17F2N3O/c1-14-21(15-6-10-17(24)11-7-15)22(27-20-5-3-2-4-19(20)26-14)28-23(29)16-8-12-18(25)13-9-16/h2-13,21H,1H3,(H,27,28,29). The van der Waals surface area contributed by atoms with Crippen molar-refractivity contribution in [3.05, 3.63) is 95.6 Å². The third-order valence-electron chi connectivity index (χ3n) is 4.66. The number of amidine groups is 1. The maximum Gasteiger partial charge on any atom is 0.256 e. The van der Waals surface area contributed by atoms with Gasteiger partial charge in [0.15, 0.2) is 0 Å². The van der Waals surface area contributed by atoms with Gasteiger partial charge in [0.2, 0.25) is 0 Å². The van der Waals surface area contributed by atoms with E-state index in [1.807, 2.05) is 31.2 Å². The number of carbonyl (C=O) groups is 1. The largest absolute Gasteiger partial charge is 0.309 e. The molecule has 1 N–H and O–H groups in total. The van der Waals surface area contributed by atoms with Gasteiger partial charge in [-0.2, -0.15) is 0 Å². The van der Waals surface area contributed by atoms with E-state index in [9.17, 15) is 13.6 Å². The predicted octanol–water partition coefficient (Wildman–Crippen LogP) is 5.31. The number of nitrogens with one attached hydrogen (secondary N) is 1. The van der Waals surface area contributed by atoms with Crippen molar-refractivity contribution in [2.45, 2.75) is 12.8 Å². The minimum atomic E-state index is -0.465. The van der Waals surface area contributed by atoms with Gasteiger partial charge < -0.3 is 5.32 Å². The molecular formula is C23H17F2N3O. The van der Waals surface area contributed by atoms with Crippen molar-refractivity contribution in [1.29, 1.82) is 0 Å². The molecule has 0 saturated carbocycles. The lowest BCUT2D eigenvalue weighted by molar-refractivity contribution is 0.0976. The van der Waals surface area contributed by atoms with Crippen molar-refractivity contribution in [3.8, 4) is 0 Å². The quantitative estimate of drug-likeness (QED) is 0.634. The van der Waals surface area contributed by atoms with Crippen molar-refractivity contribution >= 4 is 28.8 Å². The van der Waals surface area contributed by atoms with E-state index in [1.165, 1.54) is 36.4 Å². The number of fused-ring (bicyclic) bond motifs is 1. The Hall–Kier alpha value is -3.67. The zero-order valence-electron chi connectivity index (χ0n) is 15.6. The van der Waals surface area contributed by atoms with Gasteiger partial charge in [0.05, 0.1) is 17.3 Å². The van der Waals surface area contributed by atoms with Crippen LogP contribution < -0.4 is 5.32 Å². The van der Waals surface area contributed by atoms with Crippen LogP contribution in [0.1, 0.15) is 28.8 Å². The van der Waals surface area contributed by atoms with Gasteiger partial charge in [-0.1, -0.05) is 24.3 Å². The van der Waals surface area contributed by atoms with Crippen LogP contribution in [0.25, 0.3) is 0 Å². The molecule has 1 aliphatic rings. The molecule has 0 saturated heterocycles. The Morgan fingerprint density at radius 1 is 0.828 bits per heavy atom. The topological polar surface area (TPSA) is 53.8 Å². The van der Waals surface area contributed by atoms with Crippen LogP contribution in [0.15, 0.2) is 82.8 Å². The van der Waals surface area contributed by atoms with E-state index in [0.717, 1.165) is 5.56 Å². The van der Waals surface area contributed by atoms with Crippen LogP contribution in [0.2, 0.25) is 0 Å². The van der Waals surface area contributed by atoms with Gasteiger partial charge in [0.1, 0.15) is 17.5 Å². The summed E-state index contributed by atoms with van der Waals surface area (Å²) < 4.78 is 26.6. The lowest BCUT2D eigenvalue weighted by Crippen LogP contribution is -2.37. The van der Waals surface area contributed by atoms with Crippen LogP contribution >= 0.6 is 0 Å². The van der Waals surface area contributed by atoms with Crippen LogP contribution in [0.4, 0.5) is 20.2 Å². The normalized spacial score (nSPS) is 15.6. The molecule has 29 heavy (non-hydrogen) atoms. The van der Waals surface area contributed by atoms with Gasteiger partial charge in [0.25, 0.3) is 5.91 Å². The average Bonchev–Trinajstić information content (AvgIpc) is 2.84. The number of halogens is 2. The summed E-state index contributed by atoms with van der Waals surface area (Å²) >= 11 is 0. The molecule has 4 rings (SSSR count). The third-order valence-corrected chi connectivity index (χ3v) is 4.66. The molecular weight excluding hydrogens is 372 g/mol. The van der Waals surface area contributed by atoms with E-state index in [4.69, 9.17) is 0 Å². The van der Waals surface area contributed by atoms with Crippen molar-refractivity contribution in [2.75, 3.05) is 0 Å². The Kier molecular flexibility index (Phi) is 4.99. The molecule has 1 aliphatic heterocycles. The van der Waals surface area contributed by atoms with E-state index in [2.05, 4.69) is 15.3 Å². The summed E-state index contributed by atoms with van der Waals surface area (Å²) in [7, 11) is 0. The number of nitrogens with zero attached hydrogens (tertiary/aromatic N) is 2. The van der Waals surface area contributed by atoms with Gasteiger partial charge in [0, 0.05) is 11.3 Å². The number of rotatable bonds is 2. The molecule has 0 bridgehead atoms. The summed E-state index contributed by atoms with van der Waals surface area (Å²) in [6, 6.07) is 18.6. The first kappa shape index (κ1) is 18.7. The van der Waals surface area contributed by atoms with E-state index >= 15 is 0 Å². The second-order valence-corrected chi connectivity index (χ2v) is 6.68. The monoisotopic (exact) mass is 389 g/mol. The smallest absolute Gasteiger partial charge is 0.256 e. The minimum Gasteiger partial charge on any atom is -0.309 e. The summed E-state index contributed by atoms with van der Waals surface area (Å²) in [4.78, 5) is 22.1.